The molecule has 0 atom stereocenters. The van der Waals surface area contributed by atoms with Crippen molar-refractivity contribution in [2.24, 2.45) is 5.41 Å². The number of rotatable bonds is 5. The molecule has 3 nitrogen and oxygen atoms in total. The Morgan fingerprint density at radius 2 is 2.18 bits per heavy atom. The first kappa shape index (κ1) is 14.0. The lowest BCUT2D eigenvalue weighted by atomic mass is 9.97. The van der Waals surface area contributed by atoms with E-state index in [-0.39, 0.29) is 17.1 Å². The van der Waals surface area contributed by atoms with Gasteiger partial charge in [-0.2, -0.15) is 0 Å². The molecule has 0 aromatic heterocycles. The van der Waals surface area contributed by atoms with Gasteiger partial charge in [0.15, 0.2) is 0 Å². The van der Waals surface area contributed by atoms with E-state index in [1.807, 2.05) is 6.07 Å². The van der Waals surface area contributed by atoms with E-state index in [9.17, 15) is 9.90 Å². The van der Waals surface area contributed by atoms with Crippen LogP contribution in [0.5, 0.6) is 5.75 Å². The number of carbonyl (C=O) groups is 1. The van der Waals surface area contributed by atoms with Gasteiger partial charge in [0.1, 0.15) is 5.75 Å². The maximum absolute atomic E-state index is 11.7. The highest BCUT2D eigenvalue weighted by Crippen LogP contribution is 2.16. The molecule has 2 N–H and O–H groups in total. The molecule has 0 bridgehead atoms. The van der Waals surface area contributed by atoms with E-state index in [4.69, 9.17) is 0 Å². The molecule has 4 heteroatoms. The summed E-state index contributed by atoms with van der Waals surface area (Å²) >= 11 is 3.41. The fourth-order valence-corrected chi connectivity index (χ4v) is 1.50. The zero-order valence-corrected chi connectivity index (χ0v) is 11.8. The Bertz CT molecular complexity index is 391. The van der Waals surface area contributed by atoms with Gasteiger partial charge in [0.25, 0.3) is 0 Å². The van der Waals surface area contributed by atoms with Gasteiger partial charge in [-0.05, 0) is 23.1 Å². The van der Waals surface area contributed by atoms with Crippen LogP contribution in [-0.4, -0.2) is 22.9 Å². The van der Waals surface area contributed by atoms with Crippen LogP contribution in [0, 0.1) is 5.41 Å². The number of alkyl halides is 1. The predicted molar refractivity (Wildman–Crippen MR) is 72.4 cm³/mol. The summed E-state index contributed by atoms with van der Waals surface area (Å²) in [5, 5.41) is 13.0. The van der Waals surface area contributed by atoms with Crippen LogP contribution in [0.2, 0.25) is 0 Å². The van der Waals surface area contributed by atoms with Crippen LogP contribution in [-0.2, 0) is 11.2 Å². The van der Waals surface area contributed by atoms with E-state index in [1.165, 1.54) is 0 Å². The Morgan fingerprint density at radius 1 is 1.47 bits per heavy atom. The maximum atomic E-state index is 11.7. The number of aromatic hydroxyl groups is 1. The highest BCUT2D eigenvalue weighted by atomic mass is 79.9. The van der Waals surface area contributed by atoms with E-state index in [1.54, 1.807) is 18.2 Å². The third-order valence-corrected chi connectivity index (χ3v) is 3.92. The van der Waals surface area contributed by atoms with E-state index in [2.05, 4.69) is 35.1 Å². The number of nitrogens with one attached hydrogen (secondary N) is 1. The molecule has 0 fully saturated rings. The first-order chi connectivity index (χ1) is 7.93. The molecule has 0 aliphatic heterocycles. The number of carbonyl (C=O) groups excluding carboxylic acids is 1. The van der Waals surface area contributed by atoms with E-state index < -0.39 is 0 Å². The topological polar surface area (TPSA) is 49.3 Å². The van der Waals surface area contributed by atoms with Gasteiger partial charge < -0.3 is 10.4 Å². The number of halogens is 1. The summed E-state index contributed by atoms with van der Waals surface area (Å²) in [7, 11) is 0. The standard InChI is InChI=1S/C13H18BrNO2/c1-13(2,8-14)9-15-12(17)7-10-4-3-5-11(16)6-10/h3-6,16H,7-9H2,1-2H3,(H,15,17). The van der Waals surface area contributed by atoms with Crippen LogP contribution < -0.4 is 5.32 Å². The zero-order chi connectivity index (χ0) is 12.9. The summed E-state index contributed by atoms with van der Waals surface area (Å²) in [4.78, 5) is 11.7. The van der Waals surface area contributed by atoms with Crippen molar-refractivity contribution in [2.45, 2.75) is 20.3 Å². The van der Waals surface area contributed by atoms with Gasteiger partial charge >= 0.3 is 0 Å². The minimum absolute atomic E-state index is 0.0235. The lowest BCUT2D eigenvalue weighted by Gasteiger charge is -2.21. The summed E-state index contributed by atoms with van der Waals surface area (Å²) in [6.07, 6.45) is 0.298. The summed E-state index contributed by atoms with van der Waals surface area (Å²) in [5.74, 6) is 0.167. The van der Waals surface area contributed by atoms with Gasteiger partial charge in [0.05, 0.1) is 6.42 Å². The number of benzene rings is 1. The maximum Gasteiger partial charge on any atom is 0.224 e. The summed E-state index contributed by atoms with van der Waals surface area (Å²) in [6, 6.07) is 6.76. The number of phenolic OH excluding ortho intramolecular Hbond substituents is 1. The van der Waals surface area contributed by atoms with Crippen molar-refractivity contribution < 1.29 is 9.90 Å². The molecule has 0 aliphatic rings. The molecule has 0 aliphatic carbocycles. The van der Waals surface area contributed by atoms with Gasteiger partial charge in [-0.1, -0.05) is 41.9 Å². The summed E-state index contributed by atoms with van der Waals surface area (Å²) < 4.78 is 0. The molecule has 0 unspecified atom stereocenters. The van der Waals surface area contributed by atoms with Gasteiger partial charge in [-0.3, -0.25) is 4.79 Å². The van der Waals surface area contributed by atoms with Crippen molar-refractivity contribution in [1.82, 2.24) is 5.32 Å². The minimum Gasteiger partial charge on any atom is -0.508 e. The zero-order valence-electron chi connectivity index (χ0n) is 10.2. The Hall–Kier alpha value is -1.03. The molecule has 0 radical (unpaired) electrons. The number of phenols is 1. The molecule has 1 aromatic carbocycles. The van der Waals surface area contributed by atoms with Crippen molar-refractivity contribution >= 4 is 21.8 Å². The lowest BCUT2D eigenvalue weighted by Crippen LogP contribution is -2.35. The van der Waals surface area contributed by atoms with Crippen LogP contribution in [0.25, 0.3) is 0 Å². The smallest absolute Gasteiger partial charge is 0.224 e. The van der Waals surface area contributed by atoms with Crippen molar-refractivity contribution in [2.75, 3.05) is 11.9 Å². The Morgan fingerprint density at radius 3 is 2.76 bits per heavy atom. The van der Waals surface area contributed by atoms with Gasteiger partial charge in [-0.15, -0.1) is 0 Å². The van der Waals surface area contributed by atoms with Crippen LogP contribution in [0.1, 0.15) is 19.4 Å². The molecule has 94 valence electrons. The summed E-state index contributed by atoms with van der Waals surface area (Å²) in [5.41, 5.74) is 0.869. The second-order valence-corrected chi connectivity index (χ2v) is 5.48. The average molecular weight is 300 g/mol. The van der Waals surface area contributed by atoms with Crippen LogP contribution in [0.4, 0.5) is 0 Å². The van der Waals surface area contributed by atoms with E-state index in [0.29, 0.717) is 13.0 Å². The van der Waals surface area contributed by atoms with E-state index in [0.717, 1.165) is 10.9 Å². The fraction of sp³-hybridized carbons (Fsp3) is 0.462. The molecule has 0 saturated heterocycles. The number of hydrogen-bond donors (Lipinski definition) is 2. The third-order valence-electron chi connectivity index (χ3n) is 2.40. The van der Waals surface area contributed by atoms with Gasteiger partial charge in [0.2, 0.25) is 5.91 Å². The molecule has 1 amide bonds. The first-order valence-electron chi connectivity index (χ1n) is 5.53. The lowest BCUT2D eigenvalue weighted by molar-refractivity contribution is -0.120. The van der Waals surface area contributed by atoms with Crippen molar-refractivity contribution in [3.63, 3.8) is 0 Å². The second kappa shape index (κ2) is 6.05. The van der Waals surface area contributed by atoms with Crippen molar-refractivity contribution in [3.05, 3.63) is 29.8 Å². The minimum atomic E-state index is -0.0235. The monoisotopic (exact) mass is 299 g/mol. The fourth-order valence-electron chi connectivity index (χ4n) is 1.30. The normalized spacial score (nSPS) is 11.2. The molecule has 0 spiro atoms. The van der Waals surface area contributed by atoms with Crippen molar-refractivity contribution in [1.29, 1.82) is 0 Å². The SMILES string of the molecule is CC(C)(CBr)CNC(=O)Cc1cccc(O)c1. The number of amides is 1. The third kappa shape index (κ3) is 5.22. The first-order valence-corrected chi connectivity index (χ1v) is 6.66. The predicted octanol–water partition coefficient (Wildman–Crippen LogP) is 2.47. The Kier molecular flexibility index (Phi) is 5.00. The van der Waals surface area contributed by atoms with Crippen molar-refractivity contribution in [3.8, 4) is 5.75 Å². The average Bonchev–Trinajstić information content (AvgIpc) is 2.27. The van der Waals surface area contributed by atoms with Crippen LogP contribution in [0.3, 0.4) is 0 Å². The summed E-state index contributed by atoms with van der Waals surface area (Å²) in [6.45, 7) is 4.79. The van der Waals surface area contributed by atoms with E-state index >= 15 is 0 Å². The molecular formula is C13H18BrNO2. The second-order valence-electron chi connectivity index (χ2n) is 4.92. The highest BCUT2D eigenvalue weighted by molar-refractivity contribution is 9.09. The van der Waals surface area contributed by atoms with Crippen LogP contribution in [0.15, 0.2) is 24.3 Å². The quantitative estimate of drug-likeness (QED) is 0.821. The molecule has 1 aromatic rings. The highest BCUT2D eigenvalue weighted by Gasteiger charge is 2.17. The van der Waals surface area contributed by atoms with Gasteiger partial charge in [0, 0.05) is 11.9 Å². The Balaban J connectivity index is 2.45. The Labute approximate surface area is 110 Å². The number of hydrogen-bond acceptors (Lipinski definition) is 2. The van der Waals surface area contributed by atoms with Crippen LogP contribution >= 0.6 is 15.9 Å². The molecule has 0 heterocycles. The molecule has 0 saturated carbocycles. The van der Waals surface area contributed by atoms with Gasteiger partial charge in [-0.25, -0.2) is 0 Å². The molecular weight excluding hydrogens is 282 g/mol. The largest absolute Gasteiger partial charge is 0.508 e. The molecule has 1 rings (SSSR count). The molecule has 17 heavy (non-hydrogen) atoms.